The monoisotopic (exact) mass is 411 g/mol. The molecule has 1 heterocycles. The van der Waals surface area contributed by atoms with E-state index in [1.54, 1.807) is 24.3 Å². The lowest BCUT2D eigenvalue weighted by Gasteiger charge is -2.28. The van der Waals surface area contributed by atoms with E-state index in [-0.39, 0.29) is 17.2 Å². The molecule has 0 spiro atoms. The molecule has 1 aliphatic heterocycles. The van der Waals surface area contributed by atoms with Crippen molar-refractivity contribution in [1.29, 1.82) is 0 Å². The normalized spacial score (nSPS) is 13.8. The molecule has 6 heteroatoms. The van der Waals surface area contributed by atoms with Gasteiger partial charge >= 0.3 is 0 Å². The number of fused-ring (bicyclic) bond motifs is 1. The molecule has 0 aliphatic carbocycles. The second kappa shape index (κ2) is 5.27. The summed E-state index contributed by atoms with van der Waals surface area (Å²) in [5.41, 5.74) is 2.34. The van der Waals surface area contributed by atoms with E-state index in [1.807, 2.05) is 11.1 Å². The fourth-order valence-electron chi connectivity index (χ4n) is 2.30. The first-order valence-corrected chi connectivity index (χ1v) is 7.72. The first-order valence-electron chi connectivity index (χ1n) is 6.14. The van der Waals surface area contributed by atoms with Crippen molar-refractivity contribution < 1.29 is 15.3 Å². The smallest absolute Gasteiger partial charge is 0.134 e. The topological polar surface area (TPSA) is 63.9 Å². The van der Waals surface area contributed by atoms with E-state index in [1.165, 1.54) is 6.07 Å². The second-order valence-corrected chi connectivity index (χ2v) is 6.35. The molecule has 2 aromatic carbocycles. The Labute approximate surface area is 138 Å². The minimum absolute atomic E-state index is 0.00492. The summed E-state index contributed by atoms with van der Waals surface area (Å²) in [7, 11) is 0. The minimum atomic E-state index is -0.00492. The molecule has 3 N–H and O–H groups in total. The van der Waals surface area contributed by atoms with Crippen molar-refractivity contribution >= 4 is 42.0 Å². The quantitative estimate of drug-likeness (QED) is 0.654. The lowest BCUT2D eigenvalue weighted by molar-refractivity contribution is 0.443. The molecule has 0 atom stereocenters. The van der Waals surface area contributed by atoms with E-state index in [0.29, 0.717) is 16.6 Å². The second-order valence-electron chi connectivity index (χ2n) is 4.70. The molecule has 0 amide bonds. The molecule has 4 nitrogen and oxygen atoms in total. The average Bonchev–Trinajstić information content (AvgIpc) is 2.45. The summed E-state index contributed by atoms with van der Waals surface area (Å²) in [6, 6.07) is 8.13. The Hall–Kier alpha value is -1.66. The Morgan fingerprint density at radius 1 is 0.952 bits per heavy atom. The van der Waals surface area contributed by atoms with Crippen LogP contribution in [-0.2, 0) is 6.54 Å². The number of anilines is 1. The molecule has 0 unspecified atom stereocenters. The van der Waals surface area contributed by atoms with Crippen LogP contribution in [0, 0.1) is 0 Å². The first kappa shape index (κ1) is 14.3. The summed E-state index contributed by atoms with van der Waals surface area (Å²) in [6.07, 6.45) is 1.87. The summed E-state index contributed by atoms with van der Waals surface area (Å²) in [5.74, 6) is 0.240. The number of hydrogen-bond acceptors (Lipinski definition) is 4. The maximum Gasteiger partial charge on any atom is 0.134 e. The molecule has 0 aromatic heterocycles. The molecule has 0 radical (unpaired) electrons. The van der Waals surface area contributed by atoms with E-state index in [2.05, 4.69) is 31.9 Å². The van der Waals surface area contributed by atoms with Crippen LogP contribution < -0.4 is 4.90 Å². The van der Waals surface area contributed by atoms with Crippen LogP contribution in [0.1, 0.15) is 11.1 Å². The van der Waals surface area contributed by atoms with Gasteiger partial charge in [0, 0.05) is 33.6 Å². The van der Waals surface area contributed by atoms with Gasteiger partial charge in [0.05, 0.1) is 11.0 Å². The van der Waals surface area contributed by atoms with Gasteiger partial charge in [-0.15, -0.1) is 0 Å². The van der Waals surface area contributed by atoms with E-state index >= 15 is 0 Å². The van der Waals surface area contributed by atoms with Crippen LogP contribution in [0.15, 0.2) is 41.0 Å². The number of phenolic OH excluding ortho intramolecular Hbond substituents is 3. The van der Waals surface area contributed by atoms with Gasteiger partial charge in [-0.3, -0.25) is 0 Å². The summed E-state index contributed by atoms with van der Waals surface area (Å²) in [6.45, 7) is 0.458. The minimum Gasteiger partial charge on any atom is -0.508 e. The van der Waals surface area contributed by atoms with Gasteiger partial charge in [0.2, 0.25) is 0 Å². The van der Waals surface area contributed by atoms with Gasteiger partial charge in [-0.25, -0.2) is 0 Å². The summed E-state index contributed by atoms with van der Waals surface area (Å²) in [4.78, 5) is 1.94. The van der Waals surface area contributed by atoms with Gasteiger partial charge in [-0.1, -0.05) is 0 Å². The van der Waals surface area contributed by atoms with Crippen molar-refractivity contribution in [2.45, 2.75) is 6.54 Å². The number of nitrogens with zero attached hydrogens (tertiary/aromatic N) is 1. The number of aromatic hydroxyl groups is 3. The molecule has 3 rings (SSSR count). The average molecular weight is 413 g/mol. The van der Waals surface area contributed by atoms with E-state index in [9.17, 15) is 15.3 Å². The molecule has 2 aromatic rings. The molecule has 0 bridgehead atoms. The number of rotatable bonds is 1. The fraction of sp³-hybridized carbons (Fsp3) is 0.0667. The van der Waals surface area contributed by atoms with Crippen molar-refractivity contribution in [2.24, 2.45) is 0 Å². The zero-order valence-electron chi connectivity index (χ0n) is 10.7. The molecular formula is C15H11Br2NO3. The Kier molecular flexibility index (Phi) is 3.59. The summed E-state index contributed by atoms with van der Waals surface area (Å²) < 4.78 is 1.29. The molecule has 0 saturated carbocycles. The zero-order valence-corrected chi connectivity index (χ0v) is 13.9. The molecular weight excluding hydrogens is 402 g/mol. The Morgan fingerprint density at radius 3 is 2.29 bits per heavy atom. The van der Waals surface area contributed by atoms with Crippen LogP contribution in [-0.4, -0.2) is 15.3 Å². The first-order chi connectivity index (χ1) is 9.97. The standard InChI is InChI=1S/C15H11Br2NO3/c16-11-7-18(8-1-3-9(19)4-2-8)6-10-12(20)5-13(21)15(17)14(10)11/h1-5,7,19-21H,6H2. The Bertz CT molecular complexity index is 742. The number of hydrogen-bond donors (Lipinski definition) is 3. The van der Waals surface area contributed by atoms with E-state index in [0.717, 1.165) is 15.7 Å². The van der Waals surface area contributed by atoms with Crippen LogP contribution in [0.3, 0.4) is 0 Å². The van der Waals surface area contributed by atoms with Crippen LogP contribution >= 0.6 is 31.9 Å². The molecule has 1 aliphatic rings. The third-order valence-electron chi connectivity index (χ3n) is 3.35. The molecule has 0 fully saturated rings. The lowest BCUT2D eigenvalue weighted by Crippen LogP contribution is -2.20. The van der Waals surface area contributed by atoms with Crippen molar-refractivity contribution in [3.05, 3.63) is 52.1 Å². The predicted molar refractivity (Wildman–Crippen MR) is 88.7 cm³/mol. The highest BCUT2D eigenvalue weighted by atomic mass is 79.9. The predicted octanol–water partition coefficient (Wildman–Crippen LogP) is 4.28. The van der Waals surface area contributed by atoms with Crippen LogP contribution in [0.25, 0.3) is 4.48 Å². The van der Waals surface area contributed by atoms with Gasteiger partial charge in [0.25, 0.3) is 0 Å². The number of halogens is 2. The van der Waals surface area contributed by atoms with Gasteiger partial charge in [-0.2, -0.15) is 0 Å². The zero-order chi connectivity index (χ0) is 15.1. The van der Waals surface area contributed by atoms with Crippen LogP contribution in [0.5, 0.6) is 17.2 Å². The van der Waals surface area contributed by atoms with E-state index < -0.39 is 0 Å². The molecule has 21 heavy (non-hydrogen) atoms. The van der Waals surface area contributed by atoms with Crippen molar-refractivity contribution in [1.82, 2.24) is 0 Å². The van der Waals surface area contributed by atoms with Gasteiger partial charge in [-0.05, 0) is 56.1 Å². The summed E-state index contributed by atoms with van der Waals surface area (Å²) >= 11 is 6.82. The number of benzene rings is 2. The third-order valence-corrected chi connectivity index (χ3v) is 4.75. The SMILES string of the molecule is Oc1ccc(N2C=C(Br)c3c(Br)c(O)cc(O)c3C2)cc1. The fourth-order valence-corrected chi connectivity index (χ4v) is 3.82. The Morgan fingerprint density at radius 2 is 1.62 bits per heavy atom. The molecule has 0 saturated heterocycles. The maximum absolute atomic E-state index is 10.1. The van der Waals surface area contributed by atoms with Crippen molar-refractivity contribution in [2.75, 3.05) is 4.90 Å². The van der Waals surface area contributed by atoms with Crippen LogP contribution in [0.4, 0.5) is 5.69 Å². The number of phenols is 3. The lowest BCUT2D eigenvalue weighted by atomic mass is 10.0. The molecule has 108 valence electrons. The van der Waals surface area contributed by atoms with Crippen molar-refractivity contribution in [3.63, 3.8) is 0 Å². The third kappa shape index (κ3) is 2.49. The van der Waals surface area contributed by atoms with Gasteiger partial charge < -0.3 is 20.2 Å². The van der Waals surface area contributed by atoms with Crippen LogP contribution in [0.2, 0.25) is 0 Å². The highest BCUT2D eigenvalue weighted by Crippen LogP contribution is 2.45. The Balaban J connectivity index is 2.09. The van der Waals surface area contributed by atoms with Gasteiger partial charge in [0.1, 0.15) is 17.2 Å². The van der Waals surface area contributed by atoms with E-state index in [4.69, 9.17) is 0 Å². The highest BCUT2D eigenvalue weighted by Gasteiger charge is 2.24. The largest absolute Gasteiger partial charge is 0.508 e. The highest BCUT2D eigenvalue weighted by molar-refractivity contribution is 9.15. The van der Waals surface area contributed by atoms with Crippen molar-refractivity contribution in [3.8, 4) is 17.2 Å². The summed E-state index contributed by atoms with van der Waals surface area (Å²) in [5, 5.41) is 29.2. The van der Waals surface area contributed by atoms with Gasteiger partial charge in [0.15, 0.2) is 0 Å². The maximum atomic E-state index is 10.1.